The van der Waals surface area contributed by atoms with Crippen LogP contribution in [0.4, 0.5) is 0 Å². The molecular formula is C30H42O8. The third-order valence-electron chi connectivity index (χ3n) is 5.21. The van der Waals surface area contributed by atoms with E-state index in [0.29, 0.717) is 18.8 Å². The molecule has 8 nitrogen and oxygen atoms in total. The standard InChI is InChI=1S/C30H42O8/c1-9-34-18-35-26-17-27(37-20(4)5)29(33-8)30(38-21(6)7)28(26)25(32)16-23(31)13-10-22-11-14-24(15-12-22)36-19(2)3/h11-12,14-15,17,19-21H,9-10,13,16,18H2,1-8H3. The maximum absolute atomic E-state index is 13.5. The highest BCUT2D eigenvalue weighted by atomic mass is 16.7. The molecule has 0 fully saturated rings. The number of carbonyl (C=O) groups is 2. The highest BCUT2D eigenvalue weighted by Gasteiger charge is 2.29. The zero-order valence-corrected chi connectivity index (χ0v) is 23.9. The van der Waals surface area contributed by atoms with Gasteiger partial charge in [0, 0.05) is 19.1 Å². The summed E-state index contributed by atoms with van der Waals surface area (Å²) in [7, 11) is 1.48. The van der Waals surface area contributed by atoms with E-state index >= 15 is 0 Å². The molecule has 0 spiro atoms. The lowest BCUT2D eigenvalue weighted by atomic mass is 9.99. The van der Waals surface area contributed by atoms with Gasteiger partial charge in [-0.05, 0) is 72.6 Å². The van der Waals surface area contributed by atoms with E-state index < -0.39 is 5.78 Å². The minimum absolute atomic E-state index is 0.0736. The molecule has 0 saturated heterocycles. The summed E-state index contributed by atoms with van der Waals surface area (Å²) in [6.07, 6.45) is 0.0815. The minimum Gasteiger partial charge on any atom is -0.491 e. The normalized spacial score (nSPS) is 11.1. The first-order chi connectivity index (χ1) is 18.0. The molecule has 0 heterocycles. The number of Topliss-reactive ketones (excluding diaryl/α,β-unsaturated/α-hetero) is 2. The van der Waals surface area contributed by atoms with Crippen LogP contribution in [0.25, 0.3) is 0 Å². The first kappa shape index (κ1) is 31.0. The fourth-order valence-corrected chi connectivity index (χ4v) is 3.69. The van der Waals surface area contributed by atoms with Crippen molar-refractivity contribution in [1.29, 1.82) is 0 Å². The molecule has 0 N–H and O–H groups in total. The fraction of sp³-hybridized carbons (Fsp3) is 0.533. The molecule has 2 aromatic rings. The van der Waals surface area contributed by atoms with Crippen LogP contribution in [0.5, 0.6) is 28.7 Å². The van der Waals surface area contributed by atoms with Gasteiger partial charge in [-0.25, -0.2) is 0 Å². The van der Waals surface area contributed by atoms with Crippen LogP contribution >= 0.6 is 0 Å². The van der Waals surface area contributed by atoms with Gasteiger partial charge in [0.1, 0.15) is 22.8 Å². The van der Waals surface area contributed by atoms with Crippen LogP contribution in [0.1, 0.15) is 77.2 Å². The van der Waals surface area contributed by atoms with Gasteiger partial charge < -0.3 is 28.4 Å². The van der Waals surface area contributed by atoms with Gasteiger partial charge in [-0.15, -0.1) is 0 Å². The second kappa shape index (κ2) is 15.2. The first-order valence-electron chi connectivity index (χ1n) is 13.1. The average Bonchev–Trinajstić information content (AvgIpc) is 2.82. The van der Waals surface area contributed by atoms with Gasteiger partial charge in [0.25, 0.3) is 0 Å². The van der Waals surface area contributed by atoms with E-state index in [-0.39, 0.29) is 66.5 Å². The molecule has 0 aliphatic carbocycles. The fourth-order valence-electron chi connectivity index (χ4n) is 3.69. The van der Waals surface area contributed by atoms with Crippen molar-refractivity contribution in [3.05, 3.63) is 41.5 Å². The van der Waals surface area contributed by atoms with Crippen LogP contribution < -0.4 is 23.7 Å². The van der Waals surface area contributed by atoms with Crippen molar-refractivity contribution in [3.63, 3.8) is 0 Å². The first-order valence-corrected chi connectivity index (χ1v) is 13.1. The largest absolute Gasteiger partial charge is 0.491 e. The molecule has 0 amide bonds. The molecule has 210 valence electrons. The number of rotatable bonds is 17. The van der Waals surface area contributed by atoms with Crippen molar-refractivity contribution < 1.29 is 38.0 Å². The van der Waals surface area contributed by atoms with Gasteiger partial charge >= 0.3 is 0 Å². The lowest BCUT2D eigenvalue weighted by Crippen LogP contribution is -2.17. The van der Waals surface area contributed by atoms with Crippen molar-refractivity contribution in [2.24, 2.45) is 0 Å². The summed E-state index contributed by atoms with van der Waals surface area (Å²) in [5.74, 6) is 1.21. The van der Waals surface area contributed by atoms with E-state index in [9.17, 15) is 9.59 Å². The van der Waals surface area contributed by atoms with E-state index in [0.717, 1.165) is 11.3 Å². The van der Waals surface area contributed by atoms with Crippen LogP contribution in [-0.4, -0.2) is 50.4 Å². The summed E-state index contributed by atoms with van der Waals surface area (Å²) < 4.78 is 34.4. The number of hydrogen-bond donors (Lipinski definition) is 0. The molecule has 8 heteroatoms. The molecule has 0 atom stereocenters. The van der Waals surface area contributed by atoms with E-state index in [1.54, 1.807) is 6.07 Å². The van der Waals surface area contributed by atoms with Crippen molar-refractivity contribution in [3.8, 4) is 28.7 Å². The summed E-state index contributed by atoms with van der Waals surface area (Å²) >= 11 is 0. The predicted molar refractivity (Wildman–Crippen MR) is 146 cm³/mol. The Hall–Kier alpha value is -3.26. The van der Waals surface area contributed by atoms with Crippen LogP contribution in [0.2, 0.25) is 0 Å². The van der Waals surface area contributed by atoms with E-state index in [4.69, 9.17) is 28.4 Å². The average molecular weight is 531 g/mol. The van der Waals surface area contributed by atoms with Gasteiger partial charge in [-0.1, -0.05) is 12.1 Å². The SMILES string of the molecule is CCOCOc1cc(OC(C)C)c(OC)c(OC(C)C)c1C(=O)CC(=O)CCc1ccc(OC(C)C)cc1. The Morgan fingerprint density at radius 1 is 0.816 bits per heavy atom. The Morgan fingerprint density at radius 2 is 1.45 bits per heavy atom. The molecule has 0 saturated carbocycles. The lowest BCUT2D eigenvalue weighted by molar-refractivity contribution is -0.118. The van der Waals surface area contributed by atoms with Gasteiger partial charge in [0.05, 0.1) is 31.8 Å². The molecular weight excluding hydrogens is 488 g/mol. The van der Waals surface area contributed by atoms with Crippen LogP contribution in [0, 0.1) is 0 Å². The number of benzene rings is 2. The van der Waals surface area contributed by atoms with Gasteiger partial charge in [0.2, 0.25) is 5.75 Å². The van der Waals surface area contributed by atoms with Crippen molar-refractivity contribution in [1.82, 2.24) is 0 Å². The topological polar surface area (TPSA) is 89.5 Å². The van der Waals surface area contributed by atoms with E-state index in [1.165, 1.54) is 7.11 Å². The van der Waals surface area contributed by atoms with Crippen LogP contribution in [0.3, 0.4) is 0 Å². The predicted octanol–water partition coefficient (Wildman–Crippen LogP) is 6.20. The molecule has 2 aromatic carbocycles. The molecule has 0 radical (unpaired) electrons. The third kappa shape index (κ3) is 9.56. The smallest absolute Gasteiger partial charge is 0.204 e. The minimum atomic E-state index is -0.424. The molecule has 0 bridgehead atoms. The zero-order chi connectivity index (χ0) is 28.2. The number of hydrogen-bond acceptors (Lipinski definition) is 8. The lowest BCUT2D eigenvalue weighted by Gasteiger charge is -2.23. The zero-order valence-electron chi connectivity index (χ0n) is 23.9. The summed E-state index contributed by atoms with van der Waals surface area (Å²) in [5, 5.41) is 0. The number of carbonyl (C=O) groups excluding carboxylic acids is 2. The number of methoxy groups -OCH3 is 1. The summed E-state index contributed by atoms with van der Waals surface area (Å²) in [4.78, 5) is 26.4. The van der Waals surface area contributed by atoms with Crippen LogP contribution in [-0.2, 0) is 16.0 Å². The highest BCUT2D eigenvalue weighted by Crippen LogP contribution is 2.47. The Bertz CT molecular complexity index is 1040. The van der Waals surface area contributed by atoms with Gasteiger partial charge in [-0.3, -0.25) is 9.59 Å². The Kier molecular flexibility index (Phi) is 12.4. The molecule has 2 rings (SSSR count). The third-order valence-corrected chi connectivity index (χ3v) is 5.21. The molecule has 38 heavy (non-hydrogen) atoms. The molecule has 0 unspecified atom stereocenters. The summed E-state index contributed by atoms with van der Waals surface area (Å²) in [5.41, 5.74) is 1.12. The second-order valence-electron chi connectivity index (χ2n) is 9.65. The molecule has 0 aliphatic heterocycles. The van der Waals surface area contributed by atoms with Gasteiger partial charge in [0.15, 0.2) is 24.1 Å². The van der Waals surface area contributed by atoms with Crippen LogP contribution in [0.15, 0.2) is 30.3 Å². The summed E-state index contributed by atoms with van der Waals surface area (Å²) in [6.45, 7) is 13.6. The Labute approximate surface area is 226 Å². The quantitative estimate of drug-likeness (QED) is 0.103. The second-order valence-corrected chi connectivity index (χ2v) is 9.65. The number of ketones is 2. The number of ether oxygens (including phenoxy) is 6. The number of aryl methyl sites for hydroxylation is 1. The van der Waals surface area contributed by atoms with E-state index in [1.807, 2.05) is 72.7 Å². The van der Waals surface area contributed by atoms with E-state index in [2.05, 4.69) is 0 Å². The Balaban J connectivity index is 2.31. The van der Waals surface area contributed by atoms with Crippen molar-refractivity contribution in [2.75, 3.05) is 20.5 Å². The van der Waals surface area contributed by atoms with Crippen molar-refractivity contribution in [2.45, 2.75) is 86.0 Å². The molecule has 0 aliphatic rings. The van der Waals surface area contributed by atoms with Crippen molar-refractivity contribution >= 4 is 11.6 Å². The maximum Gasteiger partial charge on any atom is 0.204 e. The molecule has 0 aromatic heterocycles. The Morgan fingerprint density at radius 3 is 2.00 bits per heavy atom. The monoisotopic (exact) mass is 530 g/mol. The summed E-state index contributed by atoms with van der Waals surface area (Å²) in [6, 6.07) is 9.22. The maximum atomic E-state index is 13.5. The highest BCUT2D eigenvalue weighted by molar-refractivity contribution is 6.11. The van der Waals surface area contributed by atoms with Gasteiger partial charge in [-0.2, -0.15) is 0 Å².